The predicted molar refractivity (Wildman–Crippen MR) is 59.7 cm³/mol. The van der Waals surface area contributed by atoms with Crippen molar-refractivity contribution in [2.24, 2.45) is 0 Å². The SMILES string of the molecule is CCCCS(=O)(=O)NC(C)(C)CBr. The average Bonchev–Trinajstić information content (AvgIpc) is 1.99. The van der Waals surface area contributed by atoms with E-state index in [1.807, 2.05) is 20.8 Å². The minimum absolute atomic E-state index is 0.222. The Labute approximate surface area is 89.5 Å². The van der Waals surface area contributed by atoms with Crippen LogP contribution >= 0.6 is 15.9 Å². The van der Waals surface area contributed by atoms with E-state index in [9.17, 15) is 8.42 Å². The zero-order chi connectivity index (χ0) is 10.5. The third kappa shape index (κ3) is 6.46. The largest absolute Gasteiger partial charge is 0.212 e. The predicted octanol–water partition coefficient (Wildman–Crippen LogP) is 1.88. The molecule has 0 amide bonds. The molecule has 0 radical (unpaired) electrons. The zero-order valence-corrected chi connectivity index (χ0v) is 10.8. The lowest BCUT2D eigenvalue weighted by Gasteiger charge is -2.23. The molecule has 0 aromatic rings. The van der Waals surface area contributed by atoms with Crippen LogP contribution in [0.5, 0.6) is 0 Å². The molecule has 5 heteroatoms. The van der Waals surface area contributed by atoms with Crippen molar-refractivity contribution in [2.45, 2.75) is 39.2 Å². The Bertz CT molecular complexity index is 237. The smallest absolute Gasteiger partial charge is 0.212 e. The number of hydrogen-bond acceptors (Lipinski definition) is 2. The highest BCUT2D eigenvalue weighted by molar-refractivity contribution is 9.09. The summed E-state index contributed by atoms with van der Waals surface area (Å²) in [5, 5.41) is 0.616. The van der Waals surface area contributed by atoms with E-state index in [1.165, 1.54) is 0 Å². The second kappa shape index (κ2) is 5.32. The zero-order valence-electron chi connectivity index (χ0n) is 8.43. The van der Waals surface area contributed by atoms with Gasteiger partial charge in [0.05, 0.1) is 5.75 Å². The van der Waals surface area contributed by atoms with Crippen molar-refractivity contribution in [3.05, 3.63) is 0 Å². The van der Waals surface area contributed by atoms with E-state index in [2.05, 4.69) is 20.7 Å². The van der Waals surface area contributed by atoms with Gasteiger partial charge in [-0.05, 0) is 20.3 Å². The molecule has 0 fully saturated rings. The number of alkyl halides is 1. The molecule has 0 heterocycles. The van der Waals surface area contributed by atoms with Crippen molar-refractivity contribution >= 4 is 26.0 Å². The van der Waals surface area contributed by atoms with Crippen LogP contribution in [0.15, 0.2) is 0 Å². The molecular weight excluding hydrogens is 254 g/mol. The van der Waals surface area contributed by atoms with Crippen LogP contribution in [0, 0.1) is 0 Å². The summed E-state index contributed by atoms with van der Waals surface area (Å²) in [5.74, 6) is 0.222. The molecule has 3 nitrogen and oxygen atoms in total. The Balaban J connectivity index is 4.18. The van der Waals surface area contributed by atoms with Gasteiger partial charge in [0.2, 0.25) is 10.0 Å². The van der Waals surface area contributed by atoms with E-state index in [-0.39, 0.29) is 5.75 Å². The van der Waals surface area contributed by atoms with Gasteiger partial charge < -0.3 is 0 Å². The first kappa shape index (κ1) is 13.4. The minimum atomic E-state index is -3.09. The third-order valence-electron chi connectivity index (χ3n) is 1.53. The fourth-order valence-corrected chi connectivity index (χ4v) is 2.84. The van der Waals surface area contributed by atoms with E-state index >= 15 is 0 Å². The van der Waals surface area contributed by atoms with E-state index in [0.29, 0.717) is 11.8 Å². The molecule has 0 aromatic carbocycles. The molecule has 0 atom stereocenters. The molecular formula is C8H18BrNO2S. The van der Waals surface area contributed by atoms with Gasteiger partial charge in [-0.25, -0.2) is 13.1 Å². The lowest BCUT2D eigenvalue weighted by atomic mass is 10.1. The van der Waals surface area contributed by atoms with Crippen molar-refractivity contribution in [2.75, 3.05) is 11.1 Å². The number of halogens is 1. The highest BCUT2D eigenvalue weighted by Crippen LogP contribution is 2.08. The van der Waals surface area contributed by atoms with Crippen LogP contribution in [-0.2, 0) is 10.0 Å². The van der Waals surface area contributed by atoms with Crippen molar-refractivity contribution in [3.63, 3.8) is 0 Å². The summed E-state index contributed by atoms with van der Waals surface area (Å²) in [7, 11) is -3.09. The molecule has 13 heavy (non-hydrogen) atoms. The molecule has 0 rings (SSSR count). The lowest BCUT2D eigenvalue weighted by Crippen LogP contribution is -2.45. The summed E-state index contributed by atoms with van der Waals surface area (Å²) in [6.07, 6.45) is 1.61. The van der Waals surface area contributed by atoms with Crippen molar-refractivity contribution in [1.29, 1.82) is 0 Å². The van der Waals surface area contributed by atoms with Gasteiger partial charge in [-0.1, -0.05) is 29.3 Å². The summed E-state index contributed by atoms with van der Waals surface area (Å²) < 4.78 is 25.5. The third-order valence-corrected chi connectivity index (χ3v) is 4.62. The van der Waals surface area contributed by atoms with E-state index < -0.39 is 15.6 Å². The molecule has 0 aromatic heterocycles. The van der Waals surface area contributed by atoms with Crippen molar-refractivity contribution in [1.82, 2.24) is 4.72 Å². The van der Waals surface area contributed by atoms with Gasteiger partial charge in [0, 0.05) is 10.9 Å². The molecule has 0 unspecified atom stereocenters. The van der Waals surface area contributed by atoms with Crippen LogP contribution in [0.3, 0.4) is 0 Å². The Morgan fingerprint density at radius 2 is 1.92 bits per heavy atom. The fraction of sp³-hybridized carbons (Fsp3) is 1.00. The average molecular weight is 272 g/mol. The summed E-state index contributed by atoms with van der Waals surface area (Å²) in [4.78, 5) is 0. The summed E-state index contributed by atoms with van der Waals surface area (Å²) in [5.41, 5.74) is -0.396. The Hall–Kier alpha value is 0.390. The summed E-state index contributed by atoms with van der Waals surface area (Å²) >= 11 is 3.26. The normalized spacial score (nSPS) is 13.2. The molecule has 80 valence electrons. The lowest BCUT2D eigenvalue weighted by molar-refractivity contribution is 0.499. The van der Waals surface area contributed by atoms with Gasteiger partial charge in [0.1, 0.15) is 0 Å². The number of nitrogens with one attached hydrogen (secondary N) is 1. The molecule has 1 N–H and O–H groups in total. The van der Waals surface area contributed by atoms with Gasteiger partial charge in [-0.15, -0.1) is 0 Å². The summed E-state index contributed by atoms with van der Waals surface area (Å²) in [6.45, 7) is 5.68. The molecule has 0 bridgehead atoms. The highest BCUT2D eigenvalue weighted by atomic mass is 79.9. The van der Waals surface area contributed by atoms with E-state index in [4.69, 9.17) is 0 Å². The van der Waals surface area contributed by atoms with Gasteiger partial charge in [0.15, 0.2) is 0 Å². The van der Waals surface area contributed by atoms with Gasteiger partial charge in [0.25, 0.3) is 0 Å². The Kier molecular flexibility index (Phi) is 5.47. The van der Waals surface area contributed by atoms with Crippen LogP contribution < -0.4 is 4.72 Å². The first-order valence-corrected chi connectivity index (χ1v) is 7.18. The monoisotopic (exact) mass is 271 g/mol. The maximum Gasteiger partial charge on any atom is 0.212 e. The number of rotatable bonds is 6. The second-order valence-electron chi connectivity index (χ2n) is 3.79. The fourth-order valence-electron chi connectivity index (χ4n) is 0.834. The maximum absolute atomic E-state index is 11.4. The van der Waals surface area contributed by atoms with Crippen molar-refractivity contribution in [3.8, 4) is 0 Å². The van der Waals surface area contributed by atoms with E-state index in [1.54, 1.807) is 0 Å². The molecule has 0 spiro atoms. The highest BCUT2D eigenvalue weighted by Gasteiger charge is 2.22. The molecule has 0 saturated heterocycles. The molecule has 0 aliphatic rings. The van der Waals surface area contributed by atoms with Crippen LogP contribution in [0.2, 0.25) is 0 Å². The van der Waals surface area contributed by atoms with Gasteiger partial charge in [-0.2, -0.15) is 0 Å². The minimum Gasteiger partial charge on any atom is -0.212 e. The first-order chi connectivity index (χ1) is 5.83. The standard InChI is InChI=1S/C8H18BrNO2S/c1-4-5-6-13(11,12)10-8(2,3)7-9/h10H,4-7H2,1-3H3. The Morgan fingerprint density at radius 1 is 1.38 bits per heavy atom. The number of sulfonamides is 1. The van der Waals surface area contributed by atoms with E-state index in [0.717, 1.165) is 6.42 Å². The second-order valence-corrected chi connectivity index (χ2v) is 6.19. The Morgan fingerprint density at radius 3 is 2.31 bits per heavy atom. The molecule has 0 aliphatic carbocycles. The van der Waals surface area contributed by atoms with Crippen LogP contribution in [0.4, 0.5) is 0 Å². The van der Waals surface area contributed by atoms with Crippen molar-refractivity contribution < 1.29 is 8.42 Å². The van der Waals surface area contributed by atoms with Crippen LogP contribution in [0.25, 0.3) is 0 Å². The molecule has 0 aliphatic heterocycles. The number of unbranched alkanes of at least 4 members (excludes halogenated alkanes) is 1. The van der Waals surface area contributed by atoms with Crippen LogP contribution in [-0.4, -0.2) is 25.0 Å². The topological polar surface area (TPSA) is 46.2 Å². The van der Waals surface area contributed by atoms with Gasteiger partial charge in [-0.3, -0.25) is 0 Å². The molecule has 0 saturated carbocycles. The quantitative estimate of drug-likeness (QED) is 0.750. The summed E-state index contributed by atoms with van der Waals surface area (Å²) in [6, 6.07) is 0. The first-order valence-electron chi connectivity index (χ1n) is 4.40. The van der Waals surface area contributed by atoms with Crippen LogP contribution in [0.1, 0.15) is 33.6 Å². The van der Waals surface area contributed by atoms with Gasteiger partial charge >= 0.3 is 0 Å². The maximum atomic E-state index is 11.4. The number of hydrogen-bond donors (Lipinski definition) is 1.